The molecule has 0 saturated heterocycles. The highest BCUT2D eigenvalue weighted by molar-refractivity contribution is 5.85. The van der Waals surface area contributed by atoms with Gasteiger partial charge in [0.2, 0.25) is 0 Å². The molecule has 30 heavy (non-hydrogen) atoms. The van der Waals surface area contributed by atoms with Crippen LogP contribution in [0.4, 0.5) is 5.69 Å². The van der Waals surface area contributed by atoms with E-state index in [0.717, 1.165) is 12.0 Å². The predicted octanol–water partition coefficient (Wildman–Crippen LogP) is 3.10. The number of benzene rings is 2. The average Bonchev–Trinajstić information content (AvgIpc) is 2.75. The van der Waals surface area contributed by atoms with Crippen LogP contribution < -0.4 is 20.3 Å². The molecule has 0 saturated carbocycles. The minimum absolute atomic E-state index is 0.0403. The van der Waals surface area contributed by atoms with Gasteiger partial charge in [-0.05, 0) is 37.0 Å². The van der Waals surface area contributed by atoms with Crippen molar-refractivity contribution in [3.63, 3.8) is 0 Å². The first-order chi connectivity index (χ1) is 14.3. The molecular formula is C21H25N3O6. The molecule has 0 aliphatic carbocycles. The van der Waals surface area contributed by atoms with E-state index >= 15 is 0 Å². The van der Waals surface area contributed by atoms with E-state index in [0.29, 0.717) is 5.75 Å². The number of ether oxygens (including phenoxy) is 2. The number of amides is 2. The van der Waals surface area contributed by atoms with Crippen molar-refractivity contribution in [2.75, 3.05) is 6.61 Å². The van der Waals surface area contributed by atoms with Crippen LogP contribution >= 0.6 is 0 Å². The Balaban J connectivity index is 1.85. The van der Waals surface area contributed by atoms with Crippen LogP contribution in [0.15, 0.2) is 48.5 Å². The number of nitro benzene ring substituents is 1. The van der Waals surface area contributed by atoms with Crippen LogP contribution in [0, 0.1) is 10.1 Å². The van der Waals surface area contributed by atoms with Crippen LogP contribution in [-0.4, -0.2) is 29.4 Å². The molecule has 160 valence electrons. The van der Waals surface area contributed by atoms with Crippen molar-refractivity contribution in [2.45, 2.75) is 39.2 Å². The minimum atomic E-state index is -1.07. The van der Waals surface area contributed by atoms with Crippen LogP contribution in [0.5, 0.6) is 11.5 Å². The maximum absolute atomic E-state index is 12.1. The van der Waals surface area contributed by atoms with Gasteiger partial charge in [-0.25, -0.2) is 0 Å². The summed E-state index contributed by atoms with van der Waals surface area (Å²) in [5, 5.41) is 11.0. The van der Waals surface area contributed by atoms with Gasteiger partial charge in [-0.3, -0.25) is 30.6 Å². The van der Waals surface area contributed by atoms with E-state index in [1.54, 1.807) is 12.1 Å². The molecule has 9 nitrogen and oxygen atoms in total. The van der Waals surface area contributed by atoms with Gasteiger partial charge in [0.15, 0.2) is 18.5 Å². The van der Waals surface area contributed by atoms with Gasteiger partial charge in [-0.15, -0.1) is 0 Å². The number of hydrazine groups is 1. The number of nitro groups is 1. The van der Waals surface area contributed by atoms with Crippen LogP contribution in [0.1, 0.15) is 38.7 Å². The highest BCUT2D eigenvalue weighted by Crippen LogP contribution is 2.28. The molecule has 0 spiro atoms. The summed E-state index contributed by atoms with van der Waals surface area (Å²) in [6.07, 6.45) is -0.140. The normalized spacial score (nSPS) is 12.4. The van der Waals surface area contributed by atoms with E-state index in [9.17, 15) is 19.7 Å². The highest BCUT2D eigenvalue weighted by Gasteiger charge is 2.21. The van der Waals surface area contributed by atoms with E-state index < -0.39 is 22.8 Å². The second kappa shape index (κ2) is 10.8. The standard InChI is InChI=1S/C21H25N3O6/c1-4-14(2)16-9-5-7-11-18(16)29-13-20(25)22-23-21(26)15(3)30-19-12-8-6-10-17(19)24(27)28/h5-12,14-15H,4,13H2,1-3H3,(H,22,25)(H,23,26)/t14-,15-/m1/s1. The molecule has 2 atom stereocenters. The zero-order valence-electron chi connectivity index (χ0n) is 17.1. The Hall–Kier alpha value is -3.62. The quantitative estimate of drug-likeness (QED) is 0.480. The molecule has 2 rings (SSSR count). The number of carbonyl (C=O) groups is 2. The van der Waals surface area contributed by atoms with Gasteiger partial charge in [0, 0.05) is 6.07 Å². The Kier molecular flexibility index (Phi) is 8.16. The lowest BCUT2D eigenvalue weighted by molar-refractivity contribution is -0.386. The molecule has 0 aliphatic rings. The molecule has 2 N–H and O–H groups in total. The second-order valence-corrected chi connectivity index (χ2v) is 6.66. The fraction of sp³-hybridized carbons (Fsp3) is 0.333. The smallest absolute Gasteiger partial charge is 0.310 e. The fourth-order valence-corrected chi connectivity index (χ4v) is 2.60. The SMILES string of the molecule is CC[C@@H](C)c1ccccc1OCC(=O)NNC(=O)[C@@H](C)Oc1ccccc1[N+](=O)[O-]. The first kappa shape index (κ1) is 22.7. The van der Waals surface area contributed by atoms with E-state index in [4.69, 9.17) is 9.47 Å². The number of hydrogen-bond acceptors (Lipinski definition) is 6. The first-order valence-electron chi connectivity index (χ1n) is 9.54. The lowest BCUT2D eigenvalue weighted by Crippen LogP contribution is -2.48. The number of para-hydroxylation sites is 3. The van der Waals surface area contributed by atoms with Gasteiger partial charge >= 0.3 is 5.69 Å². The van der Waals surface area contributed by atoms with Crippen molar-refractivity contribution in [3.8, 4) is 11.5 Å². The van der Waals surface area contributed by atoms with Crippen LogP contribution in [0.2, 0.25) is 0 Å². The Labute approximate surface area is 174 Å². The molecule has 0 bridgehead atoms. The van der Waals surface area contributed by atoms with Crippen LogP contribution in [0.25, 0.3) is 0 Å². The number of rotatable bonds is 9. The molecule has 0 aliphatic heterocycles. The van der Waals surface area contributed by atoms with E-state index in [1.165, 1.54) is 25.1 Å². The molecule has 2 aromatic rings. The third-order valence-corrected chi connectivity index (χ3v) is 4.48. The molecular weight excluding hydrogens is 390 g/mol. The molecule has 9 heteroatoms. The second-order valence-electron chi connectivity index (χ2n) is 6.66. The summed E-state index contributed by atoms with van der Waals surface area (Å²) in [6.45, 7) is 5.27. The summed E-state index contributed by atoms with van der Waals surface area (Å²) in [5.74, 6) is -0.367. The monoisotopic (exact) mass is 415 g/mol. The third-order valence-electron chi connectivity index (χ3n) is 4.48. The molecule has 0 aromatic heterocycles. The third kappa shape index (κ3) is 6.20. The van der Waals surface area contributed by atoms with Gasteiger partial charge in [0.1, 0.15) is 5.75 Å². The number of carbonyl (C=O) groups excluding carboxylic acids is 2. The lowest BCUT2D eigenvalue weighted by Gasteiger charge is -2.17. The fourth-order valence-electron chi connectivity index (χ4n) is 2.60. The van der Waals surface area contributed by atoms with Gasteiger partial charge < -0.3 is 9.47 Å². The molecule has 0 unspecified atom stereocenters. The lowest BCUT2D eigenvalue weighted by atomic mass is 9.98. The molecule has 2 aromatic carbocycles. The van der Waals surface area contributed by atoms with Crippen molar-refractivity contribution in [1.29, 1.82) is 0 Å². The summed E-state index contributed by atoms with van der Waals surface area (Å²) >= 11 is 0. The summed E-state index contributed by atoms with van der Waals surface area (Å²) in [6, 6.07) is 13.2. The molecule has 0 fully saturated rings. The van der Waals surface area contributed by atoms with Crippen LogP contribution in [-0.2, 0) is 9.59 Å². The van der Waals surface area contributed by atoms with Crippen molar-refractivity contribution in [1.82, 2.24) is 10.9 Å². The van der Waals surface area contributed by atoms with Gasteiger partial charge in [0.05, 0.1) is 4.92 Å². The number of nitrogens with one attached hydrogen (secondary N) is 2. The first-order valence-corrected chi connectivity index (χ1v) is 9.54. The maximum Gasteiger partial charge on any atom is 0.310 e. The zero-order valence-corrected chi connectivity index (χ0v) is 17.1. The topological polar surface area (TPSA) is 120 Å². The van der Waals surface area contributed by atoms with Gasteiger partial charge in [-0.1, -0.05) is 44.2 Å². The predicted molar refractivity (Wildman–Crippen MR) is 110 cm³/mol. The summed E-state index contributed by atoms with van der Waals surface area (Å²) in [4.78, 5) is 34.6. The largest absolute Gasteiger partial charge is 0.483 e. The summed E-state index contributed by atoms with van der Waals surface area (Å²) < 4.78 is 10.9. The van der Waals surface area contributed by atoms with Crippen molar-refractivity contribution in [3.05, 3.63) is 64.2 Å². The highest BCUT2D eigenvalue weighted by atomic mass is 16.6. The minimum Gasteiger partial charge on any atom is -0.483 e. The molecule has 0 heterocycles. The average molecular weight is 415 g/mol. The maximum atomic E-state index is 12.1. The van der Waals surface area contributed by atoms with Gasteiger partial charge in [-0.2, -0.15) is 0 Å². The van der Waals surface area contributed by atoms with Crippen molar-refractivity contribution >= 4 is 17.5 Å². The van der Waals surface area contributed by atoms with Crippen LogP contribution in [0.3, 0.4) is 0 Å². The number of nitrogens with zero attached hydrogens (tertiary/aromatic N) is 1. The van der Waals surface area contributed by atoms with Crippen molar-refractivity contribution in [2.24, 2.45) is 0 Å². The van der Waals surface area contributed by atoms with E-state index in [1.807, 2.05) is 18.2 Å². The zero-order chi connectivity index (χ0) is 22.1. The van der Waals surface area contributed by atoms with E-state index in [-0.39, 0.29) is 24.0 Å². The summed E-state index contributed by atoms with van der Waals surface area (Å²) in [5.41, 5.74) is 5.21. The number of hydrogen-bond donors (Lipinski definition) is 2. The Morgan fingerprint density at radius 2 is 1.67 bits per heavy atom. The Morgan fingerprint density at radius 3 is 2.33 bits per heavy atom. The Morgan fingerprint density at radius 1 is 1.03 bits per heavy atom. The van der Waals surface area contributed by atoms with Gasteiger partial charge in [0.25, 0.3) is 11.8 Å². The van der Waals surface area contributed by atoms with Crippen molar-refractivity contribution < 1.29 is 24.0 Å². The van der Waals surface area contributed by atoms with E-state index in [2.05, 4.69) is 24.7 Å². The molecule has 0 radical (unpaired) electrons. The molecule has 2 amide bonds. The Bertz CT molecular complexity index is 902. The summed E-state index contributed by atoms with van der Waals surface area (Å²) in [7, 11) is 0.